The van der Waals surface area contributed by atoms with Crippen LogP contribution in [0.2, 0.25) is 0 Å². The van der Waals surface area contributed by atoms with Crippen molar-refractivity contribution in [3.05, 3.63) is 22.6 Å². The fraction of sp³-hybridized carbons (Fsp3) is 0.500. The number of rotatable bonds is 4. The molecule has 1 atom stereocenters. The molecule has 0 amide bonds. The molecule has 0 saturated heterocycles. The Morgan fingerprint density at radius 2 is 2.31 bits per heavy atom. The zero-order valence-corrected chi connectivity index (χ0v) is 9.43. The highest BCUT2D eigenvalue weighted by molar-refractivity contribution is 9.10. The van der Waals surface area contributed by atoms with Crippen molar-refractivity contribution in [3.63, 3.8) is 0 Å². The first-order valence-corrected chi connectivity index (χ1v) is 5.21. The molecule has 1 unspecified atom stereocenters. The van der Waals surface area contributed by atoms with Crippen molar-refractivity contribution in [2.75, 3.05) is 0 Å². The summed E-state index contributed by atoms with van der Waals surface area (Å²) in [6.45, 7) is 4.14. The minimum absolute atomic E-state index is 0.0834. The van der Waals surface area contributed by atoms with Gasteiger partial charge in [-0.15, -0.1) is 0 Å². The van der Waals surface area contributed by atoms with Gasteiger partial charge in [0.05, 0.1) is 0 Å². The van der Waals surface area contributed by atoms with E-state index >= 15 is 0 Å². The molecule has 0 aliphatic rings. The second-order valence-electron chi connectivity index (χ2n) is 3.24. The molecule has 0 bridgehead atoms. The van der Waals surface area contributed by atoms with Gasteiger partial charge < -0.3 is 4.42 Å². The van der Waals surface area contributed by atoms with Crippen molar-refractivity contribution in [2.24, 2.45) is 5.92 Å². The summed E-state index contributed by atoms with van der Waals surface area (Å²) in [6.07, 6.45) is 1.59. The number of Topliss-reactive ketones (excluding diaryl/α,β-unsaturated/α-hetero) is 1. The summed E-state index contributed by atoms with van der Waals surface area (Å²) in [5.41, 5.74) is 0. The minimum atomic E-state index is 0.0834. The Kier molecular flexibility index (Phi) is 3.72. The van der Waals surface area contributed by atoms with Gasteiger partial charge in [0.1, 0.15) is 0 Å². The van der Waals surface area contributed by atoms with Crippen LogP contribution in [0.3, 0.4) is 0 Å². The van der Waals surface area contributed by atoms with Crippen LogP contribution in [0.4, 0.5) is 0 Å². The fourth-order valence-corrected chi connectivity index (χ4v) is 1.33. The van der Waals surface area contributed by atoms with Crippen molar-refractivity contribution < 1.29 is 9.21 Å². The zero-order chi connectivity index (χ0) is 9.84. The lowest BCUT2D eigenvalue weighted by Crippen LogP contribution is -2.03. The van der Waals surface area contributed by atoms with E-state index < -0.39 is 0 Å². The highest BCUT2D eigenvalue weighted by Crippen LogP contribution is 2.18. The predicted molar refractivity (Wildman–Crippen MR) is 54.8 cm³/mol. The summed E-state index contributed by atoms with van der Waals surface area (Å²) < 4.78 is 5.77. The van der Waals surface area contributed by atoms with E-state index in [0.717, 1.165) is 6.42 Å². The summed E-state index contributed by atoms with van der Waals surface area (Å²) in [7, 11) is 0. The Morgan fingerprint density at radius 1 is 1.62 bits per heavy atom. The Labute approximate surface area is 86.4 Å². The van der Waals surface area contributed by atoms with Crippen LogP contribution in [0.5, 0.6) is 0 Å². The molecule has 1 aromatic heterocycles. The second-order valence-corrected chi connectivity index (χ2v) is 4.03. The molecule has 0 aliphatic carbocycles. The number of carbonyl (C=O) groups is 1. The third-order valence-electron chi connectivity index (χ3n) is 2.08. The van der Waals surface area contributed by atoms with Crippen LogP contribution in [-0.2, 0) is 0 Å². The number of hydrogen-bond acceptors (Lipinski definition) is 2. The molecule has 2 nitrogen and oxygen atoms in total. The average molecular weight is 245 g/mol. The standard InChI is InChI=1S/C10H13BrO2/c1-3-7(2)6-8(12)9-4-5-10(11)13-9/h4-5,7H,3,6H2,1-2H3. The molecule has 0 radical (unpaired) electrons. The quantitative estimate of drug-likeness (QED) is 0.757. The lowest BCUT2D eigenvalue weighted by molar-refractivity contribution is 0.0935. The van der Waals surface area contributed by atoms with E-state index in [9.17, 15) is 4.79 Å². The lowest BCUT2D eigenvalue weighted by atomic mass is 10.0. The molecule has 72 valence electrons. The third-order valence-corrected chi connectivity index (χ3v) is 2.51. The molecule has 0 aromatic carbocycles. The van der Waals surface area contributed by atoms with Crippen LogP contribution < -0.4 is 0 Å². The summed E-state index contributed by atoms with van der Waals surface area (Å²) in [5, 5.41) is 0. The molecule has 1 aromatic rings. The van der Waals surface area contributed by atoms with E-state index in [1.54, 1.807) is 12.1 Å². The first-order valence-electron chi connectivity index (χ1n) is 4.42. The molecule has 1 rings (SSSR count). The van der Waals surface area contributed by atoms with Crippen LogP contribution in [0.25, 0.3) is 0 Å². The summed E-state index contributed by atoms with van der Waals surface area (Å²) in [4.78, 5) is 11.5. The van der Waals surface area contributed by atoms with Crippen molar-refractivity contribution in [2.45, 2.75) is 26.7 Å². The summed E-state index contributed by atoms with van der Waals surface area (Å²) in [5.74, 6) is 0.962. The van der Waals surface area contributed by atoms with Crippen molar-refractivity contribution in [1.29, 1.82) is 0 Å². The average Bonchev–Trinajstić information content (AvgIpc) is 2.51. The van der Waals surface area contributed by atoms with Crippen LogP contribution in [0, 0.1) is 5.92 Å². The van der Waals surface area contributed by atoms with Gasteiger partial charge in [0, 0.05) is 6.42 Å². The van der Waals surface area contributed by atoms with Gasteiger partial charge in [0.2, 0.25) is 0 Å². The Bertz CT molecular complexity index is 291. The summed E-state index contributed by atoms with van der Waals surface area (Å²) in [6, 6.07) is 3.44. The second kappa shape index (κ2) is 4.61. The third kappa shape index (κ3) is 2.99. The molecule has 1 heterocycles. The normalized spacial score (nSPS) is 12.8. The van der Waals surface area contributed by atoms with Gasteiger partial charge in [-0.05, 0) is 34.0 Å². The van der Waals surface area contributed by atoms with Crippen molar-refractivity contribution in [3.8, 4) is 0 Å². The SMILES string of the molecule is CCC(C)CC(=O)c1ccc(Br)o1. The van der Waals surface area contributed by atoms with Gasteiger partial charge in [-0.2, -0.15) is 0 Å². The molecule has 0 N–H and O–H groups in total. The molecular weight excluding hydrogens is 232 g/mol. The van der Waals surface area contributed by atoms with Crippen molar-refractivity contribution >= 4 is 21.7 Å². The van der Waals surface area contributed by atoms with Crippen molar-refractivity contribution in [1.82, 2.24) is 0 Å². The number of halogens is 1. The van der Waals surface area contributed by atoms with Gasteiger partial charge in [0.25, 0.3) is 0 Å². The molecular formula is C10H13BrO2. The van der Waals surface area contributed by atoms with Gasteiger partial charge in [-0.3, -0.25) is 4.79 Å². The van der Waals surface area contributed by atoms with Crippen LogP contribution in [0.1, 0.15) is 37.2 Å². The molecule has 0 spiro atoms. The predicted octanol–water partition coefficient (Wildman–Crippen LogP) is 3.66. The lowest BCUT2D eigenvalue weighted by Gasteiger charge is -2.04. The number of ketones is 1. The minimum Gasteiger partial charge on any atom is -0.446 e. The van der Waals surface area contributed by atoms with Gasteiger partial charge in [-0.25, -0.2) is 0 Å². The number of carbonyl (C=O) groups excluding carboxylic acids is 1. The van der Waals surface area contributed by atoms with E-state index in [-0.39, 0.29) is 5.78 Å². The highest BCUT2D eigenvalue weighted by Gasteiger charge is 2.13. The molecule has 0 aliphatic heterocycles. The van der Waals surface area contributed by atoms with E-state index in [0.29, 0.717) is 22.8 Å². The van der Waals surface area contributed by atoms with E-state index in [2.05, 4.69) is 29.8 Å². The smallest absolute Gasteiger partial charge is 0.198 e. The van der Waals surface area contributed by atoms with E-state index in [4.69, 9.17) is 4.42 Å². The van der Waals surface area contributed by atoms with Crippen LogP contribution in [0.15, 0.2) is 21.2 Å². The highest BCUT2D eigenvalue weighted by atomic mass is 79.9. The van der Waals surface area contributed by atoms with E-state index in [1.807, 2.05) is 0 Å². The van der Waals surface area contributed by atoms with E-state index in [1.165, 1.54) is 0 Å². The maximum Gasteiger partial charge on any atom is 0.198 e. The molecule has 0 fully saturated rings. The number of hydrogen-bond donors (Lipinski definition) is 0. The van der Waals surface area contributed by atoms with Crippen LogP contribution in [-0.4, -0.2) is 5.78 Å². The largest absolute Gasteiger partial charge is 0.446 e. The molecule has 0 saturated carbocycles. The van der Waals surface area contributed by atoms with Gasteiger partial charge in [-0.1, -0.05) is 20.3 Å². The van der Waals surface area contributed by atoms with Crippen LogP contribution >= 0.6 is 15.9 Å². The van der Waals surface area contributed by atoms with Gasteiger partial charge in [0.15, 0.2) is 16.2 Å². The maximum absolute atomic E-state index is 11.5. The van der Waals surface area contributed by atoms with Gasteiger partial charge >= 0.3 is 0 Å². The monoisotopic (exact) mass is 244 g/mol. The zero-order valence-electron chi connectivity index (χ0n) is 7.84. The first kappa shape index (κ1) is 10.5. The molecule has 13 heavy (non-hydrogen) atoms. The Morgan fingerprint density at radius 3 is 2.77 bits per heavy atom. The topological polar surface area (TPSA) is 30.2 Å². The maximum atomic E-state index is 11.5. The first-order chi connectivity index (χ1) is 6.13. The Hall–Kier alpha value is -0.570. The Balaban J connectivity index is 2.58. The fourth-order valence-electron chi connectivity index (χ4n) is 1.03. The number of furan rings is 1. The molecule has 3 heteroatoms. The summed E-state index contributed by atoms with van der Waals surface area (Å²) >= 11 is 3.16.